The molecule has 94 valence electrons. The van der Waals surface area contributed by atoms with E-state index in [0.29, 0.717) is 4.64 Å². The number of aryl methyl sites for hydroxylation is 2. The van der Waals surface area contributed by atoms with Gasteiger partial charge in [0, 0.05) is 16.8 Å². The molecule has 0 radical (unpaired) electrons. The van der Waals surface area contributed by atoms with Gasteiger partial charge in [-0.1, -0.05) is 12.2 Å². The molecule has 18 heavy (non-hydrogen) atoms. The second kappa shape index (κ2) is 4.90. The van der Waals surface area contributed by atoms with E-state index < -0.39 is 0 Å². The SMILES string of the molecule is COc1ccc(-c2nc(=S)c(C)c(C)[nH]2)cc1C. The van der Waals surface area contributed by atoms with Gasteiger partial charge in [-0.05, 0) is 44.5 Å². The van der Waals surface area contributed by atoms with Crippen LogP contribution in [0.2, 0.25) is 0 Å². The lowest BCUT2D eigenvalue weighted by Crippen LogP contribution is -1.97. The van der Waals surface area contributed by atoms with E-state index in [0.717, 1.165) is 34.0 Å². The molecule has 1 aromatic carbocycles. The van der Waals surface area contributed by atoms with Crippen LogP contribution in [0.25, 0.3) is 11.4 Å². The summed E-state index contributed by atoms with van der Waals surface area (Å²) in [7, 11) is 1.67. The number of H-pyrrole nitrogens is 1. The lowest BCUT2D eigenvalue weighted by Gasteiger charge is -2.09. The second-order valence-corrected chi connectivity index (χ2v) is 4.71. The molecule has 0 fully saturated rings. The number of nitrogens with one attached hydrogen (secondary N) is 1. The van der Waals surface area contributed by atoms with Crippen molar-refractivity contribution in [3.05, 3.63) is 39.7 Å². The molecule has 0 saturated heterocycles. The summed E-state index contributed by atoms with van der Waals surface area (Å²) in [6.45, 7) is 5.99. The average Bonchev–Trinajstić information content (AvgIpc) is 2.35. The van der Waals surface area contributed by atoms with Crippen LogP contribution in [-0.2, 0) is 0 Å². The van der Waals surface area contributed by atoms with E-state index in [4.69, 9.17) is 17.0 Å². The van der Waals surface area contributed by atoms with Gasteiger partial charge in [-0.3, -0.25) is 0 Å². The standard InChI is InChI=1S/C14H16N2OS/c1-8-7-11(5-6-12(8)17-4)13-15-10(3)9(2)14(18)16-13/h5-7H,1-4H3,(H,15,16,18). The van der Waals surface area contributed by atoms with Gasteiger partial charge in [0.2, 0.25) is 0 Å². The molecular formula is C14H16N2OS. The van der Waals surface area contributed by atoms with E-state index >= 15 is 0 Å². The van der Waals surface area contributed by atoms with Crippen LogP contribution in [0.5, 0.6) is 5.75 Å². The molecule has 1 aromatic heterocycles. The Hall–Kier alpha value is -1.68. The summed E-state index contributed by atoms with van der Waals surface area (Å²) >= 11 is 5.25. The molecule has 0 amide bonds. The third-order valence-electron chi connectivity index (χ3n) is 3.07. The third kappa shape index (κ3) is 2.29. The van der Waals surface area contributed by atoms with Crippen molar-refractivity contribution >= 4 is 12.2 Å². The predicted octanol–water partition coefficient (Wildman–Crippen LogP) is 3.74. The molecule has 0 aliphatic rings. The van der Waals surface area contributed by atoms with Crippen molar-refractivity contribution in [1.82, 2.24) is 9.97 Å². The number of hydrogen-bond donors (Lipinski definition) is 1. The molecule has 1 N–H and O–H groups in total. The minimum Gasteiger partial charge on any atom is -0.496 e. The van der Waals surface area contributed by atoms with Crippen LogP contribution in [0, 0.1) is 25.4 Å². The van der Waals surface area contributed by atoms with Gasteiger partial charge in [-0.15, -0.1) is 0 Å². The molecule has 4 heteroatoms. The average molecular weight is 260 g/mol. The first-order valence-corrected chi connectivity index (χ1v) is 6.16. The highest BCUT2D eigenvalue weighted by Crippen LogP contribution is 2.24. The fraction of sp³-hybridized carbons (Fsp3) is 0.286. The Morgan fingerprint density at radius 2 is 1.94 bits per heavy atom. The maximum atomic E-state index is 5.25. The van der Waals surface area contributed by atoms with E-state index in [1.807, 2.05) is 39.0 Å². The number of ether oxygens (including phenoxy) is 1. The van der Waals surface area contributed by atoms with Crippen LogP contribution in [0.4, 0.5) is 0 Å². The van der Waals surface area contributed by atoms with Crippen LogP contribution in [0.1, 0.15) is 16.8 Å². The molecular weight excluding hydrogens is 244 g/mol. The van der Waals surface area contributed by atoms with Gasteiger partial charge >= 0.3 is 0 Å². The molecule has 0 aliphatic carbocycles. The first-order chi connectivity index (χ1) is 8.52. The minimum absolute atomic E-state index is 0.648. The number of aromatic amines is 1. The number of rotatable bonds is 2. The zero-order chi connectivity index (χ0) is 13.3. The number of nitrogens with zero attached hydrogens (tertiary/aromatic N) is 1. The fourth-order valence-electron chi connectivity index (χ4n) is 1.81. The summed E-state index contributed by atoms with van der Waals surface area (Å²) in [6.07, 6.45) is 0. The van der Waals surface area contributed by atoms with Crippen molar-refractivity contribution in [3.8, 4) is 17.1 Å². The van der Waals surface area contributed by atoms with E-state index in [1.165, 1.54) is 0 Å². The van der Waals surface area contributed by atoms with Crippen molar-refractivity contribution in [3.63, 3.8) is 0 Å². The van der Waals surface area contributed by atoms with Crippen molar-refractivity contribution in [2.24, 2.45) is 0 Å². The summed E-state index contributed by atoms with van der Waals surface area (Å²) in [5.41, 5.74) is 4.18. The smallest absolute Gasteiger partial charge is 0.139 e. The fourth-order valence-corrected chi connectivity index (χ4v) is 2.05. The molecule has 3 nitrogen and oxygen atoms in total. The van der Waals surface area contributed by atoms with E-state index in [2.05, 4.69) is 9.97 Å². The first-order valence-electron chi connectivity index (χ1n) is 5.75. The van der Waals surface area contributed by atoms with Gasteiger partial charge in [0.15, 0.2) is 0 Å². The number of methoxy groups -OCH3 is 1. The topological polar surface area (TPSA) is 37.9 Å². The summed E-state index contributed by atoms with van der Waals surface area (Å²) in [6, 6.07) is 5.97. The lowest BCUT2D eigenvalue weighted by atomic mass is 10.1. The predicted molar refractivity (Wildman–Crippen MR) is 75.6 cm³/mol. The van der Waals surface area contributed by atoms with Crippen LogP contribution in [-0.4, -0.2) is 17.1 Å². The van der Waals surface area contributed by atoms with E-state index in [1.54, 1.807) is 7.11 Å². The highest BCUT2D eigenvalue weighted by atomic mass is 32.1. The largest absolute Gasteiger partial charge is 0.496 e. The zero-order valence-electron chi connectivity index (χ0n) is 11.0. The summed E-state index contributed by atoms with van der Waals surface area (Å²) in [5.74, 6) is 1.68. The number of hydrogen-bond acceptors (Lipinski definition) is 3. The van der Waals surface area contributed by atoms with Gasteiger partial charge in [0.05, 0.1) is 7.11 Å². The summed E-state index contributed by atoms with van der Waals surface area (Å²) in [4.78, 5) is 7.70. The molecule has 0 bridgehead atoms. The van der Waals surface area contributed by atoms with Crippen molar-refractivity contribution < 1.29 is 4.74 Å². The molecule has 0 unspecified atom stereocenters. The van der Waals surface area contributed by atoms with Crippen LogP contribution < -0.4 is 4.74 Å². The van der Waals surface area contributed by atoms with Crippen molar-refractivity contribution in [2.75, 3.05) is 7.11 Å². The lowest BCUT2D eigenvalue weighted by molar-refractivity contribution is 0.412. The minimum atomic E-state index is 0.648. The zero-order valence-corrected chi connectivity index (χ0v) is 11.8. The Morgan fingerprint density at radius 3 is 2.50 bits per heavy atom. The van der Waals surface area contributed by atoms with Crippen molar-refractivity contribution in [1.29, 1.82) is 0 Å². The monoisotopic (exact) mass is 260 g/mol. The quantitative estimate of drug-likeness (QED) is 0.836. The highest BCUT2D eigenvalue weighted by Gasteiger charge is 2.06. The Kier molecular flexibility index (Phi) is 3.48. The van der Waals surface area contributed by atoms with Gasteiger partial charge in [-0.25, -0.2) is 4.98 Å². The summed E-state index contributed by atoms with van der Waals surface area (Å²) < 4.78 is 5.90. The highest BCUT2D eigenvalue weighted by molar-refractivity contribution is 7.71. The first kappa shape index (κ1) is 12.8. The molecule has 2 aromatic rings. The molecule has 1 heterocycles. The molecule has 0 aliphatic heterocycles. The van der Waals surface area contributed by atoms with E-state index in [-0.39, 0.29) is 0 Å². The molecule has 0 atom stereocenters. The Balaban J connectivity index is 2.56. The van der Waals surface area contributed by atoms with Gasteiger partial charge in [-0.2, -0.15) is 0 Å². The second-order valence-electron chi connectivity index (χ2n) is 4.32. The van der Waals surface area contributed by atoms with Gasteiger partial charge in [0.1, 0.15) is 16.2 Å². The molecule has 0 saturated carbocycles. The van der Waals surface area contributed by atoms with Gasteiger partial charge in [0.25, 0.3) is 0 Å². The van der Waals surface area contributed by atoms with Crippen LogP contribution in [0.3, 0.4) is 0 Å². The van der Waals surface area contributed by atoms with Crippen LogP contribution in [0.15, 0.2) is 18.2 Å². The third-order valence-corrected chi connectivity index (χ3v) is 3.47. The van der Waals surface area contributed by atoms with Crippen LogP contribution >= 0.6 is 12.2 Å². The number of aromatic nitrogens is 2. The maximum Gasteiger partial charge on any atom is 0.139 e. The molecule has 0 spiro atoms. The summed E-state index contributed by atoms with van der Waals surface area (Å²) in [5, 5.41) is 0. The Bertz CT molecular complexity index is 647. The van der Waals surface area contributed by atoms with Crippen molar-refractivity contribution in [2.45, 2.75) is 20.8 Å². The normalized spacial score (nSPS) is 10.4. The van der Waals surface area contributed by atoms with Gasteiger partial charge < -0.3 is 9.72 Å². The Morgan fingerprint density at radius 1 is 1.22 bits per heavy atom. The van der Waals surface area contributed by atoms with E-state index in [9.17, 15) is 0 Å². The number of benzene rings is 1. The Labute approximate surface area is 112 Å². The maximum absolute atomic E-state index is 5.25. The molecule has 2 rings (SSSR count).